The van der Waals surface area contributed by atoms with Gasteiger partial charge < -0.3 is 4.65 Å². The van der Waals surface area contributed by atoms with Crippen LogP contribution in [-0.4, -0.2) is 12.8 Å². The summed E-state index contributed by atoms with van der Waals surface area (Å²) in [5, 5.41) is 2.22. The zero-order valence-corrected chi connectivity index (χ0v) is 10.9. The molecule has 0 heterocycles. The third kappa shape index (κ3) is 4.48. The van der Waals surface area contributed by atoms with Gasteiger partial charge in [-0.05, 0) is 18.8 Å². The number of rotatable bonds is 6. The van der Waals surface area contributed by atoms with E-state index in [2.05, 4.69) is 25.2 Å². The third-order valence-electron chi connectivity index (χ3n) is 1.95. The Balaban J connectivity index is 2.21. The van der Waals surface area contributed by atoms with E-state index in [1.54, 1.807) is 0 Å². The third-order valence-corrected chi connectivity index (χ3v) is 2.99. The summed E-state index contributed by atoms with van der Waals surface area (Å²) in [6, 6.07) is 8.06. The van der Waals surface area contributed by atoms with Gasteiger partial charge in [0.05, 0.1) is 0 Å². The minimum atomic E-state index is 0.818. The molecule has 1 rings (SSSR count). The fraction of sp³-hybridized carbons (Fsp3) is 0.400. The first-order chi connectivity index (χ1) is 6.84. The monoisotopic (exact) mass is 272 g/mol. The van der Waals surface area contributed by atoms with Gasteiger partial charge in [0.2, 0.25) is 0 Å². The van der Waals surface area contributed by atoms with Crippen molar-refractivity contribution in [1.29, 1.82) is 0 Å². The molecule has 1 atom stereocenters. The first kappa shape index (κ1) is 12.1. The summed E-state index contributed by atoms with van der Waals surface area (Å²) in [4.78, 5) is 0. The molecule has 1 unspecified atom stereocenters. The van der Waals surface area contributed by atoms with E-state index in [0.29, 0.717) is 0 Å². The van der Waals surface area contributed by atoms with Gasteiger partial charge >= 0.3 is 7.48 Å². The average molecular weight is 273 g/mol. The summed E-state index contributed by atoms with van der Waals surface area (Å²) in [7, 11) is 3.50. The normalized spacial score (nSPS) is 9.86. The lowest BCUT2D eigenvalue weighted by atomic mass is 9.92. The molecule has 14 heavy (non-hydrogen) atoms. The van der Waals surface area contributed by atoms with Crippen LogP contribution >= 0.6 is 25.2 Å². The molecule has 0 aliphatic rings. The smallest absolute Gasteiger partial charge is 0.340 e. The minimum Gasteiger partial charge on any atom is -0.564 e. The number of halogens is 1. The summed E-state index contributed by atoms with van der Waals surface area (Å²) < 4.78 is 5.65. The van der Waals surface area contributed by atoms with Gasteiger partial charge in [0.25, 0.3) is 0 Å². The quantitative estimate of drug-likeness (QED) is 0.335. The molecule has 0 N–H and O–H groups in total. The predicted octanol–water partition coefficient (Wildman–Crippen LogP) is 2.51. The maximum Gasteiger partial charge on any atom is 0.340 e. The van der Waals surface area contributed by atoms with E-state index in [1.165, 1.54) is 12.8 Å². The second-order valence-electron chi connectivity index (χ2n) is 3.14. The number of benzene rings is 1. The molecule has 0 amide bonds. The van der Waals surface area contributed by atoms with Crippen molar-refractivity contribution in [3.63, 3.8) is 0 Å². The highest BCUT2D eigenvalue weighted by Crippen LogP contribution is 2.10. The summed E-state index contributed by atoms with van der Waals surface area (Å²) in [5.74, 6) is 0.983. The Labute approximate surface area is 97.2 Å². The zero-order chi connectivity index (χ0) is 10.2. The van der Waals surface area contributed by atoms with Crippen molar-refractivity contribution in [2.24, 2.45) is 0 Å². The highest BCUT2D eigenvalue weighted by Gasteiger charge is 1.98. The topological polar surface area (TPSA) is 9.23 Å². The van der Waals surface area contributed by atoms with Crippen molar-refractivity contribution in [3.8, 4) is 5.75 Å². The Morgan fingerprint density at radius 3 is 2.79 bits per heavy atom. The van der Waals surface area contributed by atoms with E-state index in [-0.39, 0.29) is 0 Å². The van der Waals surface area contributed by atoms with Crippen LogP contribution in [0.5, 0.6) is 5.75 Å². The second-order valence-corrected chi connectivity index (χ2v) is 4.55. The van der Waals surface area contributed by atoms with Gasteiger partial charge in [0.15, 0.2) is 0 Å². The van der Waals surface area contributed by atoms with Gasteiger partial charge in [0, 0.05) is 10.6 Å². The van der Waals surface area contributed by atoms with Crippen LogP contribution in [0, 0.1) is 0 Å². The fourth-order valence-corrected chi connectivity index (χ4v) is 1.85. The van der Waals surface area contributed by atoms with Crippen LogP contribution in [0.2, 0.25) is 6.32 Å². The molecule has 0 aliphatic carbocycles. The van der Waals surface area contributed by atoms with E-state index in [0.717, 1.165) is 30.2 Å². The number of para-hydroxylation sites is 1. The van der Waals surface area contributed by atoms with Gasteiger partial charge in [-0.2, -0.15) is 0 Å². The standard InChI is InChI=1S/C10H15BBrOP/c12-8-4-3-7-11-13-9-5-1-2-6-10(9)14/h1-2,5-6,11H,3-4,7-8,14H2. The highest BCUT2D eigenvalue weighted by molar-refractivity contribution is 9.09. The second kappa shape index (κ2) is 7.31. The van der Waals surface area contributed by atoms with Crippen molar-refractivity contribution < 1.29 is 4.65 Å². The number of hydrogen-bond donors (Lipinski definition) is 0. The van der Waals surface area contributed by atoms with Gasteiger partial charge in [-0.3, -0.25) is 0 Å². The molecule has 0 saturated heterocycles. The molecule has 0 fully saturated rings. The van der Waals surface area contributed by atoms with Gasteiger partial charge in [-0.25, -0.2) is 0 Å². The summed E-state index contributed by atoms with van der Waals surface area (Å²) in [6.07, 6.45) is 3.58. The SMILES string of the molecule is Pc1ccccc1OBCCCCBr. The first-order valence-electron chi connectivity index (χ1n) is 4.88. The molecule has 0 radical (unpaired) electrons. The van der Waals surface area contributed by atoms with Crippen molar-refractivity contribution >= 4 is 38.0 Å². The van der Waals surface area contributed by atoms with E-state index < -0.39 is 0 Å². The Morgan fingerprint density at radius 1 is 1.29 bits per heavy atom. The van der Waals surface area contributed by atoms with Crippen LogP contribution in [-0.2, 0) is 0 Å². The Morgan fingerprint density at radius 2 is 2.07 bits per heavy atom. The maximum atomic E-state index is 5.65. The lowest BCUT2D eigenvalue weighted by Gasteiger charge is -2.07. The van der Waals surface area contributed by atoms with Crippen LogP contribution in [0.1, 0.15) is 12.8 Å². The van der Waals surface area contributed by atoms with E-state index in [1.807, 2.05) is 24.3 Å². The fourth-order valence-electron chi connectivity index (χ4n) is 1.17. The van der Waals surface area contributed by atoms with E-state index in [9.17, 15) is 0 Å². The van der Waals surface area contributed by atoms with Crippen LogP contribution < -0.4 is 9.96 Å². The largest absolute Gasteiger partial charge is 0.564 e. The van der Waals surface area contributed by atoms with Crippen molar-refractivity contribution in [2.75, 3.05) is 5.33 Å². The predicted molar refractivity (Wildman–Crippen MR) is 71.4 cm³/mol. The van der Waals surface area contributed by atoms with Gasteiger partial charge in [-0.1, -0.05) is 40.5 Å². The van der Waals surface area contributed by atoms with Crippen LogP contribution in [0.4, 0.5) is 0 Å². The number of alkyl halides is 1. The van der Waals surface area contributed by atoms with E-state index >= 15 is 0 Å². The van der Waals surface area contributed by atoms with Gasteiger partial charge in [0.1, 0.15) is 5.75 Å². The van der Waals surface area contributed by atoms with Crippen molar-refractivity contribution in [1.82, 2.24) is 0 Å². The molecule has 1 aromatic rings. The van der Waals surface area contributed by atoms with Crippen molar-refractivity contribution in [2.45, 2.75) is 19.2 Å². The number of unbranched alkanes of at least 4 members (excludes halogenated alkanes) is 1. The van der Waals surface area contributed by atoms with Crippen molar-refractivity contribution in [3.05, 3.63) is 24.3 Å². The molecule has 0 aromatic heterocycles. The Hall–Kier alpha value is -0.00506. The molecule has 1 aromatic carbocycles. The van der Waals surface area contributed by atoms with Crippen LogP contribution in [0.25, 0.3) is 0 Å². The molecule has 4 heteroatoms. The molecule has 0 saturated carbocycles. The molecule has 0 aliphatic heterocycles. The van der Waals surface area contributed by atoms with Crippen LogP contribution in [0.3, 0.4) is 0 Å². The van der Waals surface area contributed by atoms with E-state index in [4.69, 9.17) is 4.65 Å². The first-order valence-corrected chi connectivity index (χ1v) is 6.57. The molecular formula is C10H15BBrOP. The minimum absolute atomic E-state index is 0.818. The van der Waals surface area contributed by atoms with Crippen LogP contribution in [0.15, 0.2) is 24.3 Å². The average Bonchev–Trinajstić information content (AvgIpc) is 2.20. The summed E-state index contributed by atoms with van der Waals surface area (Å²) in [6.45, 7) is 0. The Kier molecular flexibility index (Phi) is 6.30. The molecular weight excluding hydrogens is 258 g/mol. The molecule has 0 spiro atoms. The zero-order valence-electron chi connectivity index (χ0n) is 8.21. The molecule has 1 nitrogen and oxygen atoms in total. The lowest BCUT2D eigenvalue weighted by molar-refractivity contribution is 0.593. The highest BCUT2D eigenvalue weighted by atomic mass is 79.9. The number of hydrogen-bond acceptors (Lipinski definition) is 1. The van der Waals surface area contributed by atoms with Gasteiger partial charge in [-0.15, -0.1) is 9.24 Å². The summed E-state index contributed by atoms with van der Waals surface area (Å²) >= 11 is 3.41. The molecule has 0 bridgehead atoms. The Bertz CT molecular complexity index is 270. The lowest BCUT2D eigenvalue weighted by Crippen LogP contribution is -2.06. The maximum absolute atomic E-state index is 5.65. The summed E-state index contributed by atoms with van der Waals surface area (Å²) in [5.41, 5.74) is 0. The molecule has 76 valence electrons.